The smallest absolute Gasteiger partial charge is 0.401 e. The highest BCUT2D eigenvalue weighted by molar-refractivity contribution is 5.90. The molecule has 0 aromatic carbocycles. The van der Waals surface area contributed by atoms with Crippen LogP contribution in [0.25, 0.3) is 11.3 Å². The van der Waals surface area contributed by atoms with Crippen LogP contribution in [0, 0.1) is 0 Å². The van der Waals surface area contributed by atoms with Crippen LogP contribution in [0.2, 0.25) is 0 Å². The third-order valence-corrected chi connectivity index (χ3v) is 5.14. The largest absolute Gasteiger partial charge is 0.480 e. The number of pyridine rings is 1. The Hall–Kier alpha value is -2.55. The fraction of sp³-hybridized carbons (Fsp3) is 0.444. The van der Waals surface area contributed by atoms with Gasteiger partial charge in [-0.25, -0.2) is 4.79 Å². The first kappa shape index (κ1) is 17.8. The summed E-state index contributed by atoms with van der Waals surface area (Å²) in [5, 5.41) is 0. The average molecular weight is 381 g/mol. The van der Waals surface area contributed by atoms with Gasteiger partial charge in [0.15, 0.2) is 0 Å². The quantitative estimate of drug-likeness (QED) is 0.810. The van der Waals surface area contributed by atoms with Crippen molar-refractivity contribution in [1.29, 1.82) is 0 Å². The number of carbonyl (C=O) groups is 1. The van der Waals surface area contributed by atoms with Gasteiger partial charge in [0.25, 0.3) is 0 Å². The van der Waals surface area contributed by atoms with Gasteiger partial charge >= 0.3 is 12.1 Å². The Balaban J connectivity index is 1.70. The molecule has 2 aromatic heterocycles. The summed E-state index contributed by atoms with van der Waals surface area (Å²) in [5.41, 5.74) is 1.75. The van der Waals surface area contributed by atoms with Gasteiger partial charge in [-0.1, -0.05) is 0 Å². The molecule has 0 radical (unpaired) electrons. The Kier molecular flexibility index (Phi) is 4.14. The van der Waals surface area contributed by atoms with Crippen molar-refractivity contribution < 1.29 is 27.4 Å². The second kappa shape index (κ2) is 6.26. The molecule has 4 heterocycles. The van der Waals surface area contributed by atoms with Gasteiger partial charge in [-0.15, -0.1) is 0 Å². The number of likely N-dealkylation sites (tertiary alicyclic amines) is 1. The van der Waals surface area contributed by atoms with Crippen molar-refractivity contribution in [3.8, 4) is 17.0 Å². The number of aromatic nitrogens is 2. The number of hydrogen-bond donors (Lipinski definition) is 1. The van der Waals surface area contributed by atoms with Gasteiger partial charge in [0, 0.05) is 43.3 Å². The monoisotopic (exact) mass is 381 g/mol. The van der Waals surface area contributed by atoms with E-state index in [1.165, 1.54) is 12.0 Å². The van der Waals surface area contributed by atoms with Gasteiger partial charge in [0.05, 0.1) is 25.5 Å². The van der Waals surface area contributed by atoms with Crippen LogP contribution in [0.1, 0.15) is 28.9 Å². The predicted octanol–water partition coefficient (Wildman–Crippen LogP) is 3.11. The van der Waals surface area contributed by atoms with E-state index >= 15 is 0 Å². The van der Waals surface area contributed by atoms with Crippen molar-refractivity contribution in [3.05, 3.63) is 35.8 Å². The summed E-state index contributed by atoms with van der Waals surface area (Å²) in [6.07, 6.45) is -0.271. The number of nitrogens with zero attached hydrogens (tertiary/aromatic N) is 2. The number of methoxy groups -OCH3 is 1. The first-order valence-corrected chi connectivity index (χ1v) is 8.56. The zero-order chi connectivity index (χ0) is 19.2. The molecule has 9 heteroatoms. The molecule has 1 saturated heterocycles. The maximum absolute atomic E-state index is 12.7. The van der Waals surface area contributed by atoms with Crippen LogP contribution < -0.4 is 4.74 Å². The lowest BCUT2D eigenvalue weighted by atomic mass is 9.81. The van der Waals surface area contributed by atoms with E-state index in [1.54, 1.807) is 24.5 Å². The first-order valence-electron chi connectivity index (χ1n) is 8.56. The van der Waals surface area contributed by atoms with Crippen LogP contribution in [0.15, 0.2) is 24.5 Å². The average Bonchev–Trinajstić information content (AvgIpc) is 3.09. The highest BCUT2D eigenvalue weighted by Crippen LogP contribution is 2.49. The second-order valence-electron chi connectivity index (χ2n) is 6.82. The van der Waals surface area contributed by atoms with Crippen LogP contribution in [0.4, 0.5) is 13.2 Å². The van der Waals surface area contributed by atoms with Crippen LogP contribution >= 0.6 is 0 Å². The lowest BCUT2D eigenvalue weighted by Crippen LogP contribution is -2.49. The minimum atomic E-state index is -4.23. The fourth-order valence-electron chi connectivity index (χ4n) is 3.88. The summed E-state index contributed by atoms with van der Waals surface area (Å²) in [6, 6.07) is 3.46. The lowest BCUT2D eigenvalue weighted by Gasteiger charge is -2.44. The molecule has 0 aliphatic carbocycles. The van der Waals surface area contributed by atoms with E-state index in [1.807, 2.05) is 0 Å². The Labute approximate surface area is 153 Å². The van der Waals surface area contributed by atoms with Crippen molar-refractivity contribution in [1.82, 2.24) is 14.9 Å². The zero-order valence-corrected chi connectivity index (χ0v) is 14.6. The number of H-pyrrole nitrogens is 1. The number of esters is 1. The normalized spacial score (nSPS) is 18.5. The predicted molar refractivity (Wildman–Crippen MR) is 89.4 cm³/mol. The summed E-state index contributed by atoms with van der Waals surface area (Å²) in [5.74, 6) is 0.0391. The third-order valence-electron chi connectivity index (χ3n) is 5.14. The van der Waals surface area contributed by atoms with Crippen LogP contribution in [0.3, 0.4) is 0 Å². The number of carbonyl (C=O) groups excluding carboxylic acids is 1. The molecule has 0 bridgehead atoms. The van der Waals surface area contributed by atoms with E-state index in [2.05, 4.69) is 9.97 Å². The molecule has 144 valence electrons. The van der Waals surface area contributed by atoms with Crippen molar-refractivity contribution in [2.75, 3.05) is 26.7 Å². The van der Waals surface area contributed by atoms with E-state index < -0.39 is 24.3 Å². The van der Waals surface area contributed by atoms with Gasteiger partial charge in [-0.3, -0.25) is 9.88 Å². The lowest BCUT2D eigenvalue weighted by molar-refractivity contribution is -0.153. The number of nitrogens with one attached hydrogen (secondary N) is 1. The number of halogens is 3. The van der Waals surface area contributed by atoms with Crippen molar-refractivity contribution in [2.45, 2.75) is 24.6 Å². The topological polar surface area (TPSA) is 67.5 Å². The molecule has 4 rings (SSSR count). The molecule has 6 nitrogen and oxygen atoms in total. The number of ether oxygens (including phenoxy) is 2. The Morgan fingerprint density at radius 1 is 1.41 bits per heavy atom. The minimum absolute atomic E-state index is 0.243. The molecule has 27 heavy (non-hydrogen) atoms. The van der Waals surface area contributed by atoms with Crippen molar-refractivity contribution in [3.63, 3.8) is 0 Å². The minimum Gasteiger partial charge on any atom is -0.480 e. The summed E-state index contributed by atoms with van der Waals surface area (Å²) in [6.45, 7) is -0.449. The molecule has 0 saturated carbocycles. The van der Waals surface area contributed by atoms with Crippen LogP contribution in [-0.4, -0.2) is 53.8 Å². The number of rotatable bonds is 2. The van der Waals surface area contributed by atoms with Gasteiger partial charge < -0.3 is 14.5 Å². The summed E-state index contributed by atoms with van der Waals surface area (Å²) in [7, 11) is 1.29. The van der Waals surface area contributed by atoms with Crippen LogP contribution in [-0.2, 0) is 10.3 Å². The Morgan fingerprint density at radius 2 is 2.15 bits per heavy atom. The van der Waals surface area contributed by atoms with Gasteiger partial charge in [-0.2, -0.15) is 13.2 Å². The zero-order valence-electron chi connectivity index (χ0n) is 14.6. The third kappa shape index (κ3) is 3.16. The molecule has 2 aliphatic rings. The standard InChI is InChI=1S/C18H18F3N3O3/c1-26-16(25)13-8-12-15(23-13)11-2-5-22-9-14(11)27-17(12)3-6-24(7-4-17)10-18(19,20)21/h2,5,8-9,23H,3-4,6-7,10H2,1H3. The van der Waals surface area contributed by atoms with Gasteiger partial charge in [0.1, 0.15) is 17.0 Å². The molecule has 0 atom stereocenters. The van der Waals surface area contributed by atoms with E-state index in [-0.39, 0.29) is 18.8 Å². The molecule has 0 unspecified atom stereocenters. The Morgan fingerprint density at radius 3 is 2.81 bits per heavy atom. The molecule has 1 fully saturated rings. The van der Waals surface area contributed by atoms with E-state index in [0.29, 0.717) is 18.6 Å². The van der Waals surface area contributed by atoms with Gasteiger partial charge in [-0.05, 0) is 12.1 Å². The van der Waals surface area contributed by atoms with E-state index in [4.69, 9.17) is 9.47 Å². The van der Waals surface area contributed by atoms with Crippen molar-refractivity contribution >= 4 is 5.97 Å². The number of alkyl halides is 3. The first-order chi connectivity index (χ1) is 12.8. The fourth-order valence-corrected chi connectivity index (χ4v) is 3.88. The molecule has 1 N–H and O–H groups in total. The maximum atomic E-state index is 12.7. The molecule has 2 aromatic rings. The summed E-state index contributed by atoms with van der Waals surface area (Å²) < 4.78 is 49.2. The van der Waals surface area contributed by atoms with Crippen molar-refractivity contribution in [2.24, 2.45) is 0 Å². The highest BCUT2D eigenvalue weighted by atomic mass is 19.4. The van der Waals surface area contributed by atoms with E-state index in [0.717, 1.165) is 16.8 Å². The molecular weight excluding hydrogens is 363 g/mol. The molecular formula is C18H18F3N3O3. The Bertz CT molecular complexity index is 870. The highest BCUT2D eigenvalue weighted by Gasteiger charge is 2.46. The summed E-state index contributed by atoms with van der Waals surface area (Å²) >= 11 is 0. The second-order valence-corrected chi connectivity index (χ2v) is 6.82. The number of aromatic amines is 1. The number of piperidine rings is 1. The SMILES string of the molecule is COC(=O)c1cc2c([nH]1)-c1ccncc1OC21CCN(CC(F)(F)F)CC1. The maximum Gasteiger partial charge on any atom is 0.401 e. The van der Waals surface area contributed by atoms with Gasteiger partial charge in [0.2, 0.25) is 0 Å². The summed E-state index contributed by atoms with van der Waals surface area (Å²) in [4.78, 5) is 20.5. The van der Waals surface area contributed by atoms with E-state index in [9.17, 15) is 18.0 Å². The molecule has 1 spiro atoms. The number of fused-ring (bicyclic) bond motifs is 4. The molecule has 0 amide bonds. The number of hydrogen-bond acceptors (Lipinski definition) is 5. The van der Waals surface area contributed by atoms with Crippen LogP contribution in [0.5, 0.6) is 5.75 Å². The molecule has 2 aliphatic heterocycles.